The Balaban J connectivity index is 1.71. The molecule has 1 saturated heterocycles. The average molecular weight is 511 g/mol. The van der Waals surface area contributed by atoms with E-state index in [1.165, 1.54) is 16.2 Å². The largest absolute Gasteiger partial charge is 0.394 e. The Hall–Kier alpha value is -3.05. The molecule has 1 unspecified atom stereocenters. The number of thiocarbonyl (C=S) groups is 1. The Labute approximate surface area is 212 Å². The van der Waals surface area contributed by atoms with Crippen molar-refractivity contribution in [2.75, 3.05) is 31.7 Å². The second-order valence-corrected chi connectivity index (χ2v) is 9.64. The number of pyridine rings is 1. The number of carbonyl (C=O) groups is 1. The summed E-state index contributed by atoms with van der Waals surface area (Å²) >= 11 is 6.71. The monoisotopic (exact) mass is 510 g/mol. The zero-order chi connectivity index (χ0) is 24.9. The number of aryl methyl sites for hydroxylation is 1. The predicted molar refractivity (Wildman–Crippen MR) is 142 cm³/mol. The van der Waals surface area contributed by atoms with Crippen molar-refractivity contribution in [3.8, 4) is 0 Å². The minimum Gasteiger partial charge on any atom is -0.394 e. The van der Waals surface area contributed by atoms with Crippen LogP contribution >= 0.6 is 24.0 Å². The number of ether oxygens (including phenoxy) is 1. The lowest BCUT2D eigenvalue weighted by atomic mass is 10.1. The molecule has 2 N–H and O–H groups in total. The van der Waals surface area contributed by atoms with Crippen LogP contribution in [-0.2, 0) is 9.53 Å². The number of thioether (sulfide) groups is 1. The molecule has 0 aliphatic carbocycles. The van der Waals surface area contributed by atoms with Gasteiger partial charge in [-0.25, -0.2) is 4.98 Å². The van der Waals surface area contributed by atoms with Gasteiger partial charge in [-0.15, -0.1) is 0 Å². The molecule has 0 saturated carbocycles. The van der Waals surface area contributed by atoms with Gasteiger partial charge in [0.15, 0.2) is 0 Å². The minimum absolute atomic E-state index is 0.0662. The molecule has 1 aliphatic rings. The van der Waals surface area contributed by atoms with E-state index < -0.39 is 0 Å². The lowest BCUT2D eigenvalue weighted by molar-refractivity contribution is -0.123. The Bertz CT molecular complexity index is 1340. The van der Waals surface area contributed by atoms with Gasteiger partial charge in [-0.1, -0.05) is 60.4 Å². The molecule has 10 heteroatoms. The number of carbonyl (C=O) groups excluding carboxylic acids is 1. The van der Waals surface area contributed by atoms with Crippen LogP contribution in [0.5, 0.6) is 0 Å². The maximum Gasteiger partial charge on any atom is 0.267 e. The van der Waals surface area contributed by atoms with Crippen molar-refractivity contribution >= 4 is 51.7 Å². The number of aliphatic hydroxyl groups is 1. The van der Waals surface area contributed by atoms with Crippen LogP contribution in [0.1, 0.15) is 29.7 Å². The first kappa shape index (κ1) is 25.1. The van der Waals surface area contributed by atoms with Crippen molar-refractivity contribution in [3.05, 3.63) is 80.6 Å². The second-order valence-electron chi connectivity index (χ2n) is 7.97. The third-order valence-electron chi connectivity index (χ3n) is 5.63. The number of amides is 1. The number of fused-ring (bicyclic) bond motifs is 1. The van der Waals surface area contributed by atoms with Gasteiger partial charge in [0.05, 0.1) is 36.3 Å². The molecule has 2 aromatic heterocycles. The van der Waals surface area contributed by atoms with E-state index in [4.69, 9.17) is 22.1 Å². The normalized spacial score (nSPS) is 15.9. The van der Waals surface area contributed by atoms with E-state index in [-0.39, 0.29) is 36.3 Å². The fourth-order valence-corrected chi connectivity index (χ4v) is 5.21. The van der Waals surface area contributed by atoms with Crippen LogP contribution in [0.3, 0.4) is 0 Å². The SMILES string of the molecule is Cc1cccn2c(=O)c(/C=C3/SC(=S)N(C(C)c4ccccc4)C3=O)c(NCCOCCO)nc12. The van der Waals surface area contributed by atoms with Crippen molar-refractivity contribution in [3.63, 3.8) is 0 Å². The first-order valence-electron chi connectivity index (χ1n) is 11.2. The molecule has 1 aliphatic heterocycles. The number of nitrogens with zero attached hydrogens (tertiary/aromatic N) is 3. The minimum atomic E-state index is -0.293. The molecular formula is C25H26N4O4S2. The zero-order valence-electron chi connectivity index (χ0n) is 19.4. The van der Waals surface area contributed by atoms with Gasteiger partial charge >= 0.3 is 0 Å². The summed E-state index contributed by atoms with van der Waals surface area (Å²) in [5.41, 5.74) is 2.32. The third kappa shape index (κ3) is 5.30. The molecular weight excluding hydrogens is 484 g/mol. The highest BCUT2D eigenvalue weighted by Crippen LogP contribution is 2.38. The molecule has 8 nitrogen and oxygen atoms in total. The van der Waals surface area contributed by atoms with Crippen LogP contribution < -0.4 is 10.9 Å². The van der Waals surface area contributed by atoms with E-state index in [1.54, 1.807) is 23.2 Å². The number of aromatic nitrogens is 2. The quantitative estimate of drug-likeness (QED) is 0.257. The summed E-state index contributed by atoms with van der Waals surface area (Å²) in [6.07, 6.45) is 3.23. The molecule has 35 heavy (non-hydrogen) atoms. The van der Waals surface area contributed by atoms with E-state index in [1.807, 2.05) is 50.2 Å². The van der Waals surface area contributed by atoms with Gasteiger partial charge in [0.2, 0.25) is 0 Å². The first-order valence-corrected chi connectivity index (χ1v) is 12.4. The van der Waals surface area contributed by atoms with E-state index in [0.29, 0.717) is 33.8 Å². The number of hydrogen-bond donors (Lipinski definition) is 2. The van der Waals surface area contributed by atoms with E-state index in [2.05, 4.69) is 10.3 Å². The zero-order valence-corrected chi connectivity index (χ0v) is 21.1. The van der Waals surface area contributed by atoms with Crippen molar-refractivity contribution < 1.29 is 14.6 Å². The van der Waals surface area contributed by atoms with Crippen molar-refractivity contribution in [1.29, 1.82) is 0 Å². The van der Waals surface area contributed by atoms with Crippen LogP contribution in [0, 0.1) is 6.92 Å². The Kier molecular flexibility index (Phi) is 7.97. The molecule has 182 valence electrons. The van der Waals surface area contributed by atoms with Gasteiger partial charge in [-0.05, 0) is 37.1 Å². The van der Waals surface area contributed by atoms with Gasteiger partial charge < -0.3 is 15.2 Å². The smallest absolute Gasteiger partial charge is 0.267 e. The fraction of sp³-hybridized carbons (Fsp3) is 0.280. The van der Waals surface area contributed by atoms with Gasteiger partial charge in [0.25, 0.3) is 11.5 Å². The first-order chi connectivity index (χ1) is 16.9. The van der Waals surface area contributed by atoms with E-state index in [9.17, 15) is 9.59 Å². The van der Waals surface area contributed by atoms with Crippen LogP contribution in [0.4, 0.5) is 5.82 Å². The van der Waals surface area contributed by atoms with Crippen molar-refractivity contribution in [1.82, 2.24) is 14.3 Å². The molecule has 1 atom stereocenters. The van der Waals surface area contributed by atoms with E-state index >= 15 is 0 Å². The Morgan fingerprint density at radius 2 is 1.97 bits per heavy atom. The van der Waals surface area contributed by atoms with Gasteiger partial charge in [-0.3, -0.25) is 18.9 Å². The third-order valence-corrected chi connectivity index (χ3v) is 6.96. The van der Waals surface area contributed by atoms with Gasteiger partial charge in [0, 0.05) is 12.7 Å². The average Bonchev–Trinajstić information content (AvgIpc) is 3.14. The van der Waals surface area contributed by atoms with Crippen LogP contribution in [0.15, 0.2) is 58.4 Å². The Morgan fingerprint density at radius 1 is 1.20 bits per heavy atom. The molecule has 3 heterocycles. The number of anilines is 1. The summed E-state index contributed by atoms with van der Waals surface area (Å²) in [4.78, 5) is 33.4. The topological polar surface area (TPSA) is 96.2 Å². The lowest BCUT2D eigenvalue weighted by Gasteiger charge is -2.23. The number of nitrogens with one attached hydrogen (secondary N) is 1. The number of benzene rings is 1. The maximum atomic E-state index is 13.5. The summed E-state index contributed by atoms with van der Waals surface area (Å²) < 4.78 is 7.23. The van der Waals surface area contributed by atoms with Crippen LogP contribution in [-0.4, -0.2) is 56.0 Å². The van der Waals surface area contributed by atoms with Gasteiger partial charge in [0.1, 0.15) is 15.8 Å². The molecule has 3 aromatic rings. The fourth-order valence-electron chi connectivity index (χ4n) is 3.81. The highest BCUT2D eigenvalue weighted by molar-refractivity contribution is 8.26. The summed E-state index contributed by atoms with van der Waals surface area (Å²) in [5, 5.41) is 12.0. The molecule has 1 aromatic carbocycles. The molecule has 0 radical (unpaired) electrons. The maximum absolute atomic E-state index is 13.5. The van der Waals surface area contributed by atoms with Crippen LogP contribution in [0.2, 0.25) is 0 Å². The molecule has 0 spiro atoms. The second kappa shape index (κ2) is 11.1. The highest BCUT2D eigenvalue weighted by Gasteiger charge is 2.36. The Morgan fingerprint density at radius 3 is 2.71 bits per heavy atom. The summed E-state index contributed by atoms with van der Waals surface area (Å²) in [7, 11) is 0. The number of rotatable bonds is 9. The lowest BCUT2D eigenvalue weighted by Crippen LogP contribution is -2.31. The van der Waals surface area contributed by atoms with Crippen molar-refractivity contribution in [2.45, 2.75) is 19.9 Å². The number of hydrogen-bond acceptors (Lipinski definition) is 8. The number of aliphatic hydroxyl groups excluding tert-OH is 1. The molecule has 1 fully saturated rings. The standard InChI is InChI=1S/C25H26N4O4S2/c1-16-7-6-11-28-22(16)27-21(26-10-13-33-14-12-30)19(23(28)31)15-20-24(32)29(25(34)35-20)17(2)18-8-4-3-5-9-18/h3-9,11,15,17,26,30H,10,12-14H2,1-2H3/b20-15+. The summed E-state index contributed by atoms with van der Waals surface area (Å²) in [6, 6.07) is 13.1. The predicted octanol–water partition coefficient (Wildman–Crippen LogP) is 3.39. The van der Waals surface area contributed by atoms with Crippen LogP contribution in [0.25, 0.3) is 11.7 Å². The van der Waals surface area contributed by atoms with Crippen molar-refractivity contribution in [2.24, 2.45) is 0 Å². The highest BCUT2D eigenvalue weighted by atomic mass is 32.2. The van der Waals surface area contributed by atoms with E-state index in [0.717, 1.165) is 11.1 Å². The molecule has 1 amide bonds. The summed E-state index contributed by atoms with van der Waals surface area (Å²) in [6.45, 7) is 4.67. The summed E-state index contributed by atoms with van der Waals surface area (Å²) in [5.74, 6) is 0.112. The van der Waals surface area contributed by atoms with Gasteiger partial charge in [-0.2, -0.15) is 0 Å². The molecule has 4 rings (SSSR count). The molecule has 0 bridgehead atoms.